The highest BCUT2D eigenvalue weighted by atomic mass is 32.2. The van der Waals surface area contributed by atoms with Crippen LogP contribution in [0.1, 0.15) is 22.7 Å². The minimum atomic E-state index is -0.0560. The first-order chi connectivity index (χ1) is 12.6. The number of hydrogen-bond acceptors (Lipinski definition) is 6. The summed E-state index contributed by atoms with van der Waals surface area (Å²) >= 11 is 3.26. The Kier molecular flexibility index (Phi) is 4.82. The van der Waals surface area contributed by atoms with Gasteiger partial charge in [-0.15, -0.1) is 11.3 Å². The average molecular weight is 386 g/mol. The van der Waals surface area contributed by atoms with E-state index < -0.39 is 0 Å². The monoisotopic (exact) mass is 385 g/mol. The van der Waals surface area contributed by atoms with Crippen molar-refractivity contribution in [2.45, 2.75) is 31.2 Å². The number of methoxy groups -OCH3 is 1. The van der Waals surface area contributed by atoms with Gasteiger partial charge >= 0.3 is 0 Å². The molecule has 1 aliphatic rings. The van der Waals surface area contributed by atoms with Crippen LogP contribution in [0.2, 0.25) is 0 Å². The van der Waals surface area contributed by atoms with E-state index in [-0.39, 0.29) is 5.91 Å². The van der Waals surface area contributed by atoms with Crippen LogP contribution in [0.5, 0.6) is 5.75 Å². The topological polar surface area (TPSA) is 64.1 Å². The molecule has 0 unspecified atom stereocenters. The Bertz CT molecular complexity index is 984. The third-order valence-corrected chi connectivity index (χ3v) is 6.50. The molecule has 0 radical (unpaired) electrons. The fourth-order valence-corrected chi connectivity index (χ4v) is 5.47. The molecular weight excluding hydrogens is 366 g/mol. The molecule has 2 aromatic heterocycles. The number of anilines is 1. The number of hydrogen-bond donors (Lipinski definition) is 1. The lowest BCUT2D eigenvalue weighted by Crippen LogP contribution is -2.14. The Balaban J connectivity index is 1.51. The molecule has 1 aliphatic carbocycles. The molecule has 26 heavy (non-hydrogen) atoms. The smallest absolute Gasteiger partial charge is 0.234 e. The van der Waals surface area contributed by atoms with Gasteiger partial charge in [-0.05, 0) is 43.9 Å². The fraction of sp³-hybridized carbons (Fsp3) is 0.316. The number of aromatic nitrogens is 2. The summed E-state index contributed by atoms with van der Waals surface area (Å²) in [5.74, 6) is 1.73. The van der Waals surface area contributed by atoms with Crippen LogP contribution in [0, 0.1) is 6.92 Å². The zero-order chi connectivity index (χ0) is 18.1. The van der Waals surface area contributed by atoms with E-state index >= 15 is 0 Å². The molecule has 1 amide bonds. The maximum Gasteiger partial charge on any atom is 0.234 e. The summed E-state index contributed by atoms with van der Waals surface area (Å²) in [5, 5.41) is 5.00. The van der Waals surface area contributed by atoms with Crippen molar-refractivity contribution >= 4 is 44.9 Å². The van der Waals surface area contributed by atoms with Gasteiger partial charge in [-0.25, -0.2) is 9.97 Å². The van der Waals surface area contributed by atoms with Crippen LogP contribution in [-0.2, 0) is 17.6 Å². The zero-order valence-electron chi connectivity index (χ0n) is 14.7. The Morgan fingerprint density at radius 2 is 2.23 bits per heavy atom. The molecule has 1 aromatic carbocycles. The van der Waals surface area contributed by atoms with Crippen LogP contribution < -0.4 is 10.1 Å². The van der Waals surface area contributed by atoms with Crippen molar-refractivity contribution < 1.29 is 9.53 Å². The van der Waals surface area contributed by atoms with Crippen LogP contribution in [0.4, 0.5) is 5.69 Å². The van der Waals surface area contributed by atoms with E-state index in [1.165, 1.54) is 28.6 Å². The molecule has 0 fully saturated rings. The molecule has 2 heterocycles. The maximum absolute atomic E-state index is 12.4. The Morgan fingerprint density at radius 1 is 1.35 bits per heavy atom. The van der Waals surface area contributed by atoms with Gasteiger partial charge in [0.2, 0.25) is 5.91 Å². The van der Waals surface area contributed by atoms with E-state index in [9.17, 15) is 4.79 Å². The van der Waals surface area contributed by atoms with E-state index in [1.54, 1.807) is 24.5 Å². The van der Waals surface area contributed by atoms with Gasteiger partial charge in [0, 0.05) is 22.0 Å². The summed E-state index contributed by atoms with van der Waals surface area (Å²) < 4.78 is 5.19. The number of thioether (sulfide) groups is 1. The highest BCUT2D eigenvalue weighted by molar-refractivity contribution is 8.00. The minimum absolute atomic E-state index is 0.0560. The third-order valence-electron chi connectivity index (χ3n) is 4.34. The zero-order valence-corrected chi connectivity index (χ0v) is 16.3. The lowest BCUT2D eigenvalue weighted by Gasteiger charge is -2.08. The van der Waals surface area contributed by atoms with E-state index in [4.69, 9.17) is 4.74 Å². The van der Waals surface area contributed by atoms with E-state index in [1.807, 2.05) is 25.1 Å². The van der Waals surface area contributed by atoms with E-state index in [0.717, 1.165) is 45.3 Å². The van der Waals surface area contributed by atoms with Crippen LogP contribution in [0.25, 0.3) is 10.2 Å². The highest BCUT2D eigenvalue weighted by Gasteiger charge is 2.22. The van der Waals surface area contributed by atoms with Gasteiger partial charge in [0.05, 0.1) is 12.9 Å². The molecule has 0 atom stereocenters. The summed E-state index contributed by atoms with van der Waals surface area (Å²) in [7, 11) is 1.61. The van der Waals surface area contributed by atoms with Crippen molar-refractivity contribution in [1.82, 2.24) is 9.97 Å². The molecule has 0 saturated heterocycles. The van der Waals surface area contributed by atoms with Crippen LogP contribution in [0.3, 0.4) is 0 Å². The van der Waals surface area contributed by atoms with E-state index in [2.05, 4.69) is 15.3 Å². The van der Waals surface area contributed by atoms with Crippen molar-refractivity contribution in [3.8, 4) is 5.75 Å². The van der Waals surface area contributed by atoms with Gasteiger partial charge in [-0.3, -0.25) is 4.79 Å². The van der Waals surface area contributed by atoms with Crippen molar-refractivity contribution in [2.75, 3.05) is 18.2 Å². The predicted molar refractivity (Wildman–Crippen MR) is 107 cm³/mol. The SMILES string of the molecule is COc1cccc(NC(=O)CSc2nc(C)nc3sc4c(c23)CCC4)c1. The summed E-state index contributed by atoms with van der Waals surface area (Å²) in [6, 6.07) is 7.36. The average Bonchev–Trinajstić information content (AvgIpc) is 3.20. The highest BCUT2D eigenvalue weighted by Crippen LogP contribution is 2.40. The first kappa shape index (κ1) is 17.3. The normalized spacial score (nSPS) is 13.0. The Labute approximate surface area is 160 Å². The number of aryl methyl sites for hydroxylation is 3. The largest absolute Gasteiger partial charge is 0.497 e. The van der Waals surface area contributed by atoms with Crippen molar-refractivity contribution in [2.24, 2.45) is 0 Å². The van der Waals surface area contributed by atoms with Gasteiger partial charge < -0.3 is 10.1 Å². The number of fused-ring (bicyclic) bond motifs is 3. The number of amides is 1. The Hall–Kier alpha value is -2.12. The molecule has 7 heteroatoms. The number of thiophene rings is 1. The number of ether oxygens (including phenoxy) is 1. The van der Waals surface area contributed by atoms with Gasteiger partial charge in [0.1, 0.15) is 21.4 Å². The number of carbonyl (C=O) groups excluding carboxylic acids is 1. The van der Waals surface area contributed by atoms with Crippen LogP contribution >= 0.6 is 23.1 Å². The fourth-order valence-electron chi connectivity index (χ4n) is 3.20. The number of nitrogens with one attached hydrogen (secondary N) is 1. The molecule has 0 bridgehead atoms. The van der Waals surface area contributed by atoms with Crippen molar-refractivity contribution in [3.63, 3.8) is 0 Å². The summed E-state index contributed by atoms with van der Waals surface area (Å²) in [6.07, 6.45) is 3.42. The van der Waals surface area contributed by atoms with Crippen LogP contribution in [-0.4, -0.2) is 28.7 Å². The molecule has 0 spiro atoms. The molecule has 4 rings (SSSR count). The van der Waals surface area contributed by atoms with Crippen molar-refractivity contribution in [3.05, 3.63) is 40.5 Å². The summed E-state index contributed by atoms with van der Waals surface area (Å²) in [4.78, 5) is 24.1. The standard InChI is InChI=1S/C19H19N3O2S2/c1-11-20-18(17-14-7-4-8-15(14)26-19(17)21-11)25-10-16(23)22-12-5-3-6-13(9-12)24-2/h3,5-6,9H,4,7-8,10H2,1-2H3,(H,22,23). The summed E-state index contributed by atoms with van der Waals surface area (Å²) in [6.45, 7) is 1.91. The molecular formula is C19H19N3O2S2. The summed E-state index contributed by atoms with van der Waals surface area (Å²) in [5.41, 5.74) is 2.12. The lowest BCUT2D eigenvalue weighted by atomic mass is 10.2. The number of nitrogens with zero attached hydrogens (tertiary/aromatic N) is 2. The van der Waals surface area contributed by atoms with Gasteiger partial charge in [-0.2, -0.15) is 0 Å². The number of rotatable bonds is 5. The number of benzene rings is 1. The predicted octanol–water partition coefficient (Wildman–Crippen LogP) is 4.23. The number of carbonyl (C=O) groups is 1. The molecule has 0 aliphatic heterocycles. The second-order valence-electron chi connectivity index (χ2n) is 6.18. The van der Waals surface area contributed by atoms with Gasteiger partial charge in [-0.1, -0.05) is 17.8 Å². The second kappa shape index (κ2) is 7.25. The lowest BCUT2D eigenvalue weighted by molar-refractivity contribution is -0.113. The molecule has 1 N–H and O–H groups in total. The molecule has 134 valence electrons. The molecule has 0 saturated carbocycles. The van der Waals surface area contributed by atoms with E-state index in [0.29, 0.717) is 5.75 Å². The van der Waals surface area contributed by atoms with Gasteiger partial charge in [0.25, 0.3) is 0 Å². The first-order valence-corrected chi connectivity index (χ1v) is 10.3. The second-order valence-corrected chi connectivity index (χ2v) is 8.23. The van der Waals surface area contributed by atoms with Gasteiger partial charge in [0.15, 0.2) is 0 Å². The molecule has 5 nitrogen and oxygen atoms in total. The first-order valence-electron chi connectivity index (χ1n) is 8.49. The maximum atomic E-state index is 12.4. The quantitative estimate of drug-likeness (QED) is 0.526. The minimum Gasteiger partial charge on any atom is -0.497 e. The van der Waals surface area contributed by atoms with Crippen LogP contribution in [0.15, 0.2) is 29.3 Å². The molecule has 3 aromatic rings. The van der Waals surface area contributed by atoms with Crippen molar-refractivity contribution in [1.29, 1.82) is 0 Å². The Morgan fingerprint density at radius 3 is 3.08 bits per heavy atom. The third kappa shape index (κ3) is 3.41.